The molecule has 1 aromatic carbocycles. The molecule has 0 saturated carbocycles. The second-order valence-electron chi connectivity index (χ2n) is 6.69. The lowest BCUT2D eigenvalue weighted by atomic mass is 9.82. The summed E-state index contributed by atoms with van der Waals surface area (Å²) in [6.07, 6.45) is 0. The Kier molecular flexibility index (Phi) is 3.67. The third-order valence-corrected chi connectivity index (χ3v) is 3.32. The van der Waals surface area contributed by atoms with Gasteiger partial charge in [0.25, 0.3) is 0 Å². The molecule has 1 N–H and O–H groups in total. The Hall–Kier alpha value is -1.71. The number of ether oxygens (including phenoxy) is 2. The molecule has 0 spiro atoms. The van der Waals surface area contributed by atoms with Crippen molar-refractivity contribution in [2.24, 2.45) is 0 Å². The van der Waals surface area contributed by atoms with E-state index in [9.17, 15) is 4.79 Å². The number of benzene rings is 1. The summed E-state index contributed by atoms with van der Waals surface area (Å²) in [6.45, 7) is 10.9. The van der Waals surface area contributed by atoms with Gasteiger partial charge in [0.05, 0.1) is 5.41 Å². The van der Waals surface area contributed by atoms with E-state index in [0.29, 0.717) is 19.0 Å². The summed E-state index contributed by atoms with van der Waals surface area (Å²) in [5.41, 5.74) is 0.0502. The Morgan fingerprint density at radius 1 is 1.05 bits per heavy atom. The predicted octanol–water partition coefficient (Wildman–Crippen LogP) is 2.65. The monoisotopic (exact) mass is 277 g/mol. The minimum atomic E-state index is -0.622. The maximum Gasteiger partial charge on any atom is 0.230 e. The molecule has 0 aliphatic carbocycles. The molecule has 0 bridgehead atoms. The fraction of sp³-hybridized carbons (Fsp3) is 0.562. The van der Waals surface area contributed by atoms with Gasteiger partial charge in [0, 0.05) is 5.54 Å². The molecule has 0 atom stereocenters. The van der Waals surface area contributed by atoms with Crippen LogP contribution < -0.4 is 14.8 Å². The van der Waals surface area contributed by atoms with Crippen molar-refractivity contribution in [1.82, 2.24) is 5.32 Å². The zero-order chi connectivity index (χ0) is 15.0. The molecule has 1 aliphatic heterocycles. The standard InChI is InChI=1S/C16H23NO3/c1-15(2,3)17-14(18)16(4,5)11-6-7-12-13(10-11)20-9-8-19-12/h6-7,10H,8-9H2,1-5H3,(H,17,18). The second kappa shape index (κ2) is 5.00. The van der Waals surface area contributed by atoms with Crippen LogP contribution in [0.4, 0.5) is 0 Å². The lowest BCUT2D eigenvalue weighted by Gasteiger charge is -2.30. The van der Waals surface area contributed by atoms with Crippen LogP contribution in [0.2, 0.25) is 0 Å². The first-order chi connectivity index (χ1) is 9.20. The van der Waals surface area contributed by atoms with E-state index in [2.05, 4.69) is 5.32 Å². The third-order valence-electron chi connectivity index (χ3n) is 3.32. The molecular weight excluding hydrogens is 254 g/mol. The Balaban J connectivity index is 2.27. The largest absolute Gasteiger partial charge is 0.486 e. The maximum absolute atomic E-state index is 12.5. The number of hydrogen-bond donors (Lipinski definition) is 1. The number of nitrogens with one attached hydrogen (secondary N) is 1. The Labute approximate surface area is 120 Å². The first kappa shape index (κ1) is 14.7. The Morgan fingerprint density at radius 2 is 1.65 bits per heavy atom. The zero-order valence-corrected chi connectivity index (χ0v) is 12.9. The van der Waals surface area contributed by atoms with Gasteiger partial charge in [-0.05, 0) is 52.3 Å². The topological polar surface area (TPSA) is 47.6 Å². The molecular formula is C16H23NO3. The van der Waals surface area contributed by atoms with Crippen molar-refractivity contribution in [3.63, 3.8) is 0 Å². The Morgan fingerprint density at radius 3 is 2.25 bits per heavy atom. The van der Waals surface area contributed by atoms with Crippen molar-refractivity contribution in [3.05, 3.63) is 23.8 Å². The van der Waals surface area contributed by atoms with E-state index in [1.807, 2.05) is 52.8 Å². The van der Waals surface area contributed by atoms with Crippen LogP contribution in [0.1, 0.15) is 40.2 Å². The van der Waals surface area contributed by atoms with Crippen molar-refractivity contribution >= 4 is 5.91 Å². The summed E-state index contributed by atoms with van der Waals surface area (Å²) in [5.74, 6) is 1.46. The number of amides is 1. The lowest BCUT2D eigenvalue weighted by molar-refractivity contribution is -0.127. The van der Waals surface area contributed by atoms with Gasteiger partial charge in [-0.15, -0.1) is 0 Å². The van der Waals surface area contributed by atoms with Crippen LogP contribution in [-0.2, 0) is 10.2 Å². The molecule has 0 unspecified atom stereocenters. The number of rotatable bonds is 2. The van der Waals surface area contributed by atoms with Crippen LogP contribution in [-0.4, -0.2) is 24.7 Å². The molecule has 2 rings (SSSR count). The van der Waals surface area contributed by atoms with Gasteiger partial charge in [0.15, 0.2) is 11.5 Å². The number of fused-ring (bicyclic) bond motifs is 1. The van der Waals surface area contributed by atoms with Crippen LogP contribution >= 0.6 is 0 Å². The molecule has 0 radical (unpaired) electrons. The second-order valence-corrected chi connectivity index (χ2v) is 6.69. The molecule has 110 valence electrons. The van der Waals surface area contributed by atoms with E-state index < -0.39 is 5.41 Å². The van der Waals surface area contributed by atoms with Crippen molar-refractivity contribution in [2.45, 2.75) is 45.6 Å². The summed E-state index contributed by atoms with van der Waals surface area (Å²) in [7, 11) is 0. The summed E-state index contributed by atoms with van der Waals surface area (Å²) < 4.78 is 11.1. The van der Waals surface area contributed by atoms with Crippen LogP contribution in [0, 0.1) is 0 Å². The van der Waals surface area contributed by atoms with E-state index in [1.54, 1.807) is 0 Å². The van der Waals surface area contributed by atoms with Crippen LogP contribution in [0.25, 0.3) is 0 Å². The van der Waals surface area contributed by atoms with Crippen molar-refractivity contribution in [1.29, 1.82) is 0 Å². The summed E-state index contributed by atoms with van der Waals surface area (Å²) in [5, 5.41) is 3.03. The molecule has 4 nitrogen and oxygen atoms in total. The highest BCUT2D eigenvalue weighted by Crippen LogP contribution is 2.35. The molecule has 1 amide bonds. The number of hydrogen-bond acceptors (Lipinski definition) is 3. The highest BCUT2D eigenvalue weighted by Gasteiger charge is 2.33. The first-order valence-electron chi connectivity index (χ1n) is 6.93. The highest BCUT2D eigenvalue weighted by atomic mass is 16.6. The van der Waals surface area contributed by atoms with Gasteiger partial charge in [0.1, 0.15) is 13.2 Å². The molecule has 1 aromatic rings. The number of carbonyl (C=O) groups is 1. The fourth-order valence-electron chi connectivity index (χ4n) is 2.06. The van der Waals surface area contributed by atoms with E-state index in [0.717, 1.165) is 11.3 Å². The van der Waals surface area contributed by atoms with Gasteiger partial charge >= 0.3 is 0 Å². The molecule has 0 saturated heterocycles. The van der Waals surface area contributed by atoms with Crippen LogP contribution in [0.3, 0.4) is 0 Å². The normalized spacial score (nSPS) is 14.8. The Bertz CT molecular complexity index is 515. The van der Waals surface area contributed by atoms with Crippen molar-refractivity contribution in [3.8, 4) is 11.5 Å². The smallest absolute Gasteiger partial charge is 0.230 e. The van der Waals surface area contributed by atoms with Crippen LogP contribution in [0.15, 0.2) is 18.2 Å². The van der Waals surface area contributed by atoms with Crippen molar-refractivity contribution < 1.29 is 14.3 Å². The summed E-state index contributed by atoms with van der Waals surface area (Å²) in [4.78, 5) is 12.5. The zero-order valence-electron chi connectivity index (χ0n) is 12.9. The fourth-order valence-corrected chi connectivity index (χ4v) is 2.06. The molecule has 0 fully saturated rings. The maximum atomic E-state index is 12.5. The van der Waals surface area contributed by atoms with Crippen LogP contribution in [0.5, 0.6) is 11.5 Å². The quantitative estimate of drug-likeness (QED) is 0.904. The average molecular weight is 277 g/mol. The molecule has 1 heterocycles. The molecule has 1 aliphatic rings. The SMILES string of the molecule is CC(C)(C)NC(=O)C(C)(C)c1ccc2c(c1)OCCO2. The summed E-state index contributed by atoms with van der Waals surface area (Å²) >= 11 is 0. The predicted molar refractivity (Wildman–Crippen MR) is 78.4 cm³/mol. The highest BCUT2D eigenvalue weighted by molar-refractivity contribution is 5.88. The lowest BCUT2D eigenvalue weighted by Crippen LogP contribution is -2.48. The van der Waals surface area contributed by atoms with E-state index in [-0.39, 0.29) is 11.4 Å². The van der Waals surface area contributed by atoms with E-state index in [1.165, 1.54) is 0 Å². The third kappa shape index (κ3) is 3.06. The average Bonchev–Trinajstić information content (AvgIpc) is 2.36. The van der Waals surface area contributed by atoms with Gasteiger partial charge in [-0.2, -0.15) is 0 Å². The van der Waals surface area contributed by atoms with Gasteiger partial charge in [-0.25, -0.2) is 0 Å². The minimum absolute atomic E-state index is 0.00155. The van der Waals surface area contributed by atoms with Crippen molar-refractivity contribution in [2.75, 3.05) is 13.2 Å². The number of carbonyl (C=O) groups excluding carboxylic acids is 1. The first-order valence-corrected chi connectivity index (χ1v) is 6.93. The van der Waals surface area contributed by atoms with E-state index in [4.69, 9.17) is 9.47 Å². The van der Waals surface area contributed by atoms with Gasteiger partial charge in [-0.1, -0.05) is 6.07 Å². The van der Waals surface area contributed by atoms with Gasteiger partial charge in [-0.3, -0.25) is 4.79 Å². The van der Waals surface area contributed by atoms with E-state index >= 15 is 0 Å². The summed E-state index contributed by atoms with van der Waals surface area (Å²) in [6, 6.07) is 5.70. The molecule has 0 aromatic heterocycles. The minimum Gasteiger partial charge on any atom is -0.486 e. The van der Waals surface area contributed by atoms with Gasteiger partial charge in [0.2, 0.25) is 5.91 Å². The molecule has 20 heavy (non-hydrogen) atoms. The van der Waals surface area contributed by atoms with Gasteiger partial charge < -0.3 is 14.8 Å². The molecule has 4 heteroatoms.